The Kier molecular flexibility index (Phi) is 5.11. The maximum Gasteiger partial charge on any atom is 0.321 e. The smallest absolute Gasteiger partial charge is 0.321 e. The molecule has 0 spiro atoms. The van der Waals surface area contributed by atoms with Gasteiger partial charge in [0, 0.05) is 38.4 Å². The molecule has 0 bridgehead atoms. The van der Waals surface area contributed by atoms with Gasteiger partial charge < -0.3 is 15.1 Å². The van der Waals surface area contributed by atoms with Crippen LogP contribution in [0.3, 0.4) is 0 Å². The molecule has 1 N–H and O–H groups in total. The molecule has 5 nitrogen and oxygen atoms in total. The van der Waals surface area contributed by atoms with Crippen molar-refractivity contribution in [2.45, 2.75) is 18.9 Å². The van der Waals surface area contributed by atoms with E-state index in [1.807, 2.05) is 18.2 Å². The topological polar surface area (TPSA) is 48.5 Å². The molecule has 1 aromatic carbocycles. The number of carbonyl (C=O) groups excluding carboxylic acids is 1. The first-order valence-electron chi connectivity index (χ1n) is 8.19. The van der Waals surface area contributed by atoms with E-state index in [0.29, 0.717) is 0 Å². The molecular formula is C18H20F2N4O. The molecule has 25 heavy (non-hydrogen) atoms. The van der Waals surface area contributed by atoms with Gasteiger partial charge in [-0.3, -0.25) is 0 Å². The van der Waals surface area contributed by atoms with Gasteiger partial charge in [0.25, 0.3) is 0 Å². The number of halogens is 2. The fourth-order valence-corrected chi connectivity index (χ4v) is 2.98. The van der Waals surface area contributed by atoms with Crippen LogP contribution in [0, 0.1) is 11.6 Å². The number of nitrogens with zero attached hydrogens (tertiary/aromatic N) is 3. The van der Waals surface area contributed by atoms with Gasteiger partial charge in [0.05, 0.1) is 5.69 Å². The average Bonchev–Trinajstić information content (AvgIpc) is 2.64. The highest BCUT2D eigenvalue weighted by Gasteiger charge is 2.26. The van der Waals surface area contributed by atoms with Crippen LogP contribution in [0.1, 0.15) is 12.8 Å². The van der Waals surface area contributed by atoms with Crippen LogP contribution in [0.2, 0.25) is 0 Å². The third-order valence-electron chi connectivity index (χ3n) is 4.48. The summed E-state index contributed by atoms with van der Waals surface area (Å²) in [5.41, 5.74) is -0.0239. The Morgan fingerprint density at radius 2 is 2.00 bits per heavy atom. The van der Waals surface area contributed by atoms with Crippen molar-refractivity contribution in [1.82, 2.24) is 9.88 Å². The molecule has 3 rings (SSSR count). The van der Waals surface area contributed by atoms with E-state index in [4.69, 9.17) is 0 Å². The summed E-state index contributed by atoms with van der Waals surface area (Å²) < 4.78 is 26.6. The zero-order chi connectivity index (χ0) is 17.8. The first-order chi connectivity index (χ1) is 12.0. The van der Waals surface area contributed by atoms with E-state index in [1.54, 1.807) is 18.1 Å². The van der Waals surface area contributed by atoms with Gasteiger partial charge in [0.15, 0.2) is 0 Å². The van der Waals surface area contributed by atoms with Crippen LogP contribution in [-0.2, 0) is 0 Å². The Bertz CT molecular complexity index is 733. The summed E-state index contributed by atoms with van der Waals surface area (Å²) in [4.78, 5) is 20.4. The SMILES string of the molecule is CN(C(=O)Nc1ccc(F)cc1F)C1CCN(c2ccccn2)CC1. The standard InChI is InChI=1S/C18H20F2N4O/c1-23(18(25)22-16-6-5-13(19)12-15(16)20)14-7-10-24(11-8-14)17-4-2-3-9-21-17/h2-6,9,12,14H,7-8,10-11H2,1H3,(H,22,25). The number of piperidine rings is 1. The highest BCUT2D eigenvalue weighted by molar-refractivity contribution is 5.89. The first-order valence-corrected chi connectivity index (χ1v) is 8.19. The number of carbonyl (C=O) groups is 1. The minimum atomic E-state index is -0.785. The monoisotopic (exact) mass is 346 g/mol. The predicted molar refractivity (Wildman–Crippen MR) is 92.6 cm³/mol. The van der Waals surface area contributed by atoms with Gasteiger partial charge in [-0.2, -0.15) is 0 Å². The summed E-state index contributed by atoms with van der Waals surface area (Å²) in [6.07, 6.45) is 3.36. The molecule has 1 fully saturated rings. The van der Waals surface area contributed by atoms with Crippen molar-refractivity contribution in [3.8, 4) is 0 Å². The number of hydrogen-bond donors (Lipinski definition) is 1. The van der Waals surface area contributed by atoms with Crippen molar-refractivity contribution in [2.24, 2.45) is 0 Å². The van der Waals surface area contributed by atoms with Gasteiger partial charge >= 0.3 is 6.03 Å². The third kappa shape index (κ3) is 4.04. The molecule has 0 saturated carbocycles. The van der Waals surface area contributed by atoms with Gasteiger partial charge in [-0.15, -0.1) is 0 Å². The lowest BCUT2D eigenvalue weighted by molar-refractivity contribution is 0.192. The van der Waals surface area contributed by atoms with Crippen LogP contribution < -0.4 is 10.2 Å². The lowest BCUT2D eigenvalue weighted by atomic mass is 10.0. The number of benzene rings is 1. The molecule has 132 valence electrons. The summed E-state index contributed by atoms with van der Waals surface area (Å²) >= 11 is 0. The molecule has 1 saturated heterocycles. The van der Waals surface area contributed by atoms with Crippen LogP contribution in [0.25, 0.3) is 0 Å². The van der Waals surface area contributed by atoms with Gasteiger partial charge in [0.2, 0.25) is 0 Å². The van der Waals surface area contributed by atoms with E-state index in [9.17, 15) is 13.6 Å². The molecular weight excluding hydrogens is 326 g/mol. The minimum Gasteiger partial charge on any atom is -0.356 e. The molecule has 2 amide bonds. The molecule has 0 radical (unpaired) electrons. The molecule has 1 aliphatic heterocycles. The van der Waals surface area contributed by atoms with Crippen molar-refractivity contribution in [3.05, 3.63) is 54.2 Å². The van der Waals surface area contributed by atoms with Crippen molar-refractivity contribution >= 4 is 17.5 Å². The van der Waals surface area contributed by atoms with E-state index in [1.165, 1.54) is 6.07 Å². The number of pyridine rings is 1. The Morgan fingerprint density at radius 1 is 1.24 bits per heavy atom. The van der Waals surface area contributed by atoms with Crippen molar-refractivity contribution in [1.29, 1.82) is 0 Å². The fourth-order valence-electron chi connectivity index (χ4n) is 2.98. The van der Waals surface area contributed by atoms with Crippen LogP contribution in [-0.4, -0.2) is 42.1 Å². The van der Waals surface area contributed by atoms with Gasteiger partial charge in [-0.1, -0.05) is 6.07 Å². The lowest BCUT2D eigenvalue weighted by Crippen LogP contribution is -2.47. The zero-order valence-corrected chi connectivity index (χ0v) is 14.0. The second-order valence-corrected chi connectivity index (χ2v) is 6.07. The van der Waals surface area contributed by atoms with Crippen molar-refractivity contribution in [2.75, 3.05) is 30.4 Å². The number of rotatable bonds is 3. The van der Waals surface area contributed by atoms with Crippen molar-refractivity contribution < 1.29 is 13.6 Å². The normalized spacial score (nSPS) is 15.1. The van der Waals surface area contributed by atoms with Crippen LogP contribution in [0.4, 0.5) is 25.1 Å². The fraction of sp³-hybridized carbons (Fsp3) is 0.333. The number of nitrogens with one attached hydrogen (secondary N) is 1. The maximum absolute atomic E-state index is 13.7. The number of hydrogen-bond acceptors (Lipinski definition) is 3. The van der Waals surface area contributed by atoms with E-state index in [0.717, 1.165) is 43.9 Å². The Morgan fingerprint density at radius 3 is 2.64 bits per heavy atom. The first kappa shape index (κ1) is 17.1. The second-order valence-electron chi connectivity index (χ2n) is 6.07. The van der Waals surface area contributed by atoms with Crippen LogP contribution >= 0.6 is 0 Å². The Balaban J connectivity index is 1.56. The largest absolute Gasteiger partial charge is 0.356 e. The number of aromatic nitrogens is 1. The van der Waals surface area contributed by atoms with E-state index in [2.05, 4.69) is 15.2 Å². The Labute approximate surface area is 145 Å². The Hall–Kier alpha value is -2.70. The highest BCUT2D eigenvalue weighted by atomic mass is 19.1. The van der Waals surface area contributed by atoms with E-state index < -0.39 is 17.7 Å². The average molecular weight is 346 g/mol. The predicted octanol–water partition coefficient (Wildman–Crippen LogP) is 3.49. The second kappa shape index (κ2) is 7.46. The highest BCUT2D eigenvalue weighted by Crippen LogP contribution is 2.21. The summed E-state index contributed by atoms with van der Waals surface area (Å²) in [6, 6.07) is 8.54. The molecule has 0 aliphatic carbocycles. The van der Waals surface area contributed by atoms with Gasteiger partial charge in [0.1, 0.15) is 17.5 Å². The molecule has 1 aliphatic rings. The molecule has 7 heteroatoms. The maximum atomic E-state index is 13.7. The van der Waals surface area contributed by atoms with Crippen LogP contribution in [0.5, 0.6) is 0 Å². The van der Waals surface area contributed by atoms with Crippen LogP contribution in [0.15, 0.2) is 42.6 Å². The lowest BCUT2D eigenvalue weighted by Gasteiger charge is -2.37. The molecule has 1 aromatic heterocycles. The van der Waals surface area contributed by atoms with E-state index in [-0.39, 0.29) is 11.7 Å². The molecule has 2 heterocycles. The number of urea groups is 1. The number of amides is 2. The van der Waals surface area contributed by atoms with Gasteiger partial charge in [-0.25, -0.2) is 18.6 Å². The summed E-state index contributed by atoms with van der Waals surface area (Å²) in [5, 5.41) is 2.50. The zero-order valence-electron chi connectivity index (χ0n) is 14.0. The quantitative estimate of drug-likeness (QED) is 0.925. The third-order valence-corrected chi connectivity index (χ3v) is 4.48. The van der Waals surface area contributed by atoms with Crippen molar-refractivity contribution in [3.63, 3.8) is 0 Å². The summed E-state index contributed by atoms with van der Waals surface area (Å²) in [7, 11) is 1.69. The number of anilines is 2. The molecule has 0 atom stereocenters. The van der Waals surface area contributed by atoms with Gasteiger partial charge in [-0.05, 0) is 37.1 Å². The molecule has 0 unspecified atom stereocenters. The summed E-state index contributed by atoms with van der Waals surface area (Å²) in [6.45, 7) is 1.59. The minimum absolute atomic E-state index is 0.0239. The summed E-state index contributed by atoms with van der Waals surface area (Å²) in [5.74, 6) is -0.529. The van der Waals surface area contributed by atoms with E-state index >= 15 is 0 Å². The molecule has 2 aromatic rings.